The molecule has 2 fully saturated rings. The van der Waals surface area contributed by atoms with E-state index in [0.29, 0.717) is 17.8 Å². The number of anilines is 2. The zero-order chi connectivity index (χ0) is 30.1. The van der Waals surface area contributed by atoms with Crippen LogP contribution in [0.4, 0.5) is 11.4 Å². The third-order valence-corrected chi connectivity index (χ3v) is 9.63. The number of carbonyl (C=O) groups is 4. The molecule has 216 valence electrons. The highest BCUT2D eigenvalue weighted by Crippen LogP contribution is 2.36. The van der Waals surface area contributed by atoms with E-state index in [0.717, 1.165) is 20.9 Å². The second kappa shape index (κ2) is 12.0. The second-order valence-corrected chi connectivity index (χ2v) is 12.8. The summed E-state index contributed by atoms with van der Waals surface area (Å²) in [5.74, 6) is -0.743. The highest BCUT2D eigenvalue weighted by molar-refractivity contribution is 8.01. The first-order valence-corrected chi connectivity index (χ1v) is 15.3. The van der Waals surface area contributed by atoms with Gasteiger partial charge in [0.2, 0.25) is 23.6 Å². The number of phenolic OH excluding ortho intramolecular Hbond substituents is 2. The van der Waals surface area contributed by atoms with Crippen molar-refractivity contribution in [3.63, 3.8) is 0 Å². The smallest absolute Gasteiger partial charge is 0.247 e. The Morgan fingerprint density at radius 1 is 0.535 bits per heavy atom. The number of aromatic hydroxyl groups is 2. The van der Waals surface area contributed by atoms with Crippen LogP contribution in [0.2, 0.25) is 0 Å². The molecule has 8 nitrogen and oxygen atoms in total. The third kappa shape index (κ3) is 6.16. The van der Waals surface area contributed by atoms with E-state index in [4.69, 9.17) is 0 Å². The first-order chi connectivity index (χ1) is 20.7. The minimum absolute atomic E-state index is 0.108. The number of amides is 4. The normalized spacial score (nSPS) is 18.6. The summed E-state index contributed by atoms with van der Waals surface area (Å²) in [4.78, 5) is 55.6. The lowest BCUT2D eigenvalue weighted by molar-refractivity contribution is -0.122. The Morgan fingerprint density at radius 2 is 0.884 bits per heavy atom. The minimum Gasteiger partial charge on any atom is -0.508 e. The summed E-state index contributed by atoms with van der Waals surface area (Å²) in [6.45, 7) is 0. The number of nitrogens with zero attached hydrogens (tertiary/aromatic N) is 2. The molecule has 0 spiro atoms. The number of rotatable bonds is 8. The molecule has 2 aliphatic rings. The molecular weight excluding hydrogens is 585 g/mol. The quantitative estimate of drug-likeness (QED) is 0.250. The molecule has 0 aromatic heterocycles. The van der Waals surface area contributed by atoms with Gasteiger partial charge in [-0.1, -0.05) is 24.3 Å². The van der Waals surface area contributed by atoms with Crippen molar-refractivity contribution in [1.82, 2.24) is 0 Å². The molecule has 0 radical (unpaired) electrons. The fourth-order valence-corrected chi connectivity index (χ4v) is 7.18. The number of benzene rings is 4. The fourth-order valence-electron chi connectivity index (χ4n) is 5.07. The molecular formula is C33H26N2O6S2. The Bertz CT molecular complexity index is 1560. The summed E-state index contributed by atoms with van der Waals surface area (Å²) in [5, 5.41) is 17.9. The molecule has 2 N–H and O–H groups in total. The average molecular weight is 611 g/mol. The summed E-state index contributed by atoms with van der Waals surface area (Å²) < 4.78 is 0. The molecule has 4 aromatic rings. The van der Waals surface area contributed by atoms with Crippen molar-refractivity contribution in [2.75, 3.05) is 9.80 Å². The maximum atomic E-state index is 13.0. The predicted molar refractivity (Wildman–Crippen MR) is 165 cm³/mol. The molecule has 6 rings (SSSR count). The van der Waals surface area contributed by atoms with Crippen molar-refractivity contribution in [3.05, 3.63) is 108 Å². The summed E-state index contributed by atoms with van der Waals surface area (Å²) in [5.41, 5.74) is 3.00. The largest absolute Gasteiger partial charge is 0.508 e. The van der Waals surface area contributed by atoms with Crippen molar-refractivity contribution >= 4 is 58.5 Å². The molecule has 4 aromatic carbocycles. The Labute approximate surface area is 256 Å². The molecule has 2 atom stereocenters. The van der Waals surface area contributed by atoms with Crippen LogP contribution >= 0.6 is 23.5 Å². The maximum absolute atomic E-state index is 13.0. The van der Waals surface area contributed by atoms with Gasteiger partial charge in [-0.25, -0.2) is 9.80 Å². The minimum atomic E-state index is -0.522. The number of hydrogen-bond donors (Lipinski definition) is 2. The van der Waals surface area contributed by atoms with Gasteiger partial charge in [0.25, 0.3) is 0 Å². The van der Waals surface area contributed by atoms with Gasteiger partial charge in [-0.2, -0.15) is 0 Å². The van der Waals surface area contributed by atoms with E-state index >= 15 is 0 Å². The van der Waals surface area contributed by atoms with Crippen molar-refractivity contribution in [2.24, 2.45) is 0 Å². The predicted octanol–water partition coefficient (Wildman–Crippen LogP) is 5.54. The van der Waals surface area contributed by atoms with E-state index in [1.54, 1.807) is 72.8 Å². The highest BCUT2D eigenvalue weighted by Gasteiger charge is 2.41. The van der Waals surface area contributed by atoms with Crippen molar-refractivity contribution < 1.29 is 29.4 Å². The topological polar surface area (TPSA) is 115 Å². The lowest BCUT2D eigenvalue weighted by Gasteiger charge is -2.16. The van der Waals surface area contributed by atoms with Gasteiger partial charge in [0.05, 0.1) is 21.9 Å². The van der Waals surface area contributed by atoms with Crippen LogP contribution < -0.4 is 9.80 Å². The van der Waals surface area contributed by atoms with Crippen LogP contribution in [0.1, 0.15) is 24.0 Å². The maximum Gasteiger partial charge on any atom is 0.247 e. The van der Waals surface area contributed by atoms with Gasteiger partial charge < -0.3 is 10.2 Å². The Kier molecular flexibility index (Phi) is 7.96. The van der Waals surface area contributed by atoms with Crippen LogP contribution in [-0.2, 0) is 25.6 Å². The van der Waals surface area contributed by atoms with Gasteiger partial charge >= 0.3 is 0 Å². The first-order valence-electron chi connectivity index (χ1n) is 13.6. The molecule has 10 heteroatoms. The molecule has 43 heavy (non-hydrogen) atoms. The monoisotopic (exact) mass is 610 g/mol. The van der Waals surface area contributed by atoms with Gasteiger partial charge in [-0.3, -0.25) is 19.2 Å². The number of carbonyl (C=O) groups excluding carboxylic acids is 4. The molecule has 2 aliphatic heterocycles. The van der Waals surface area contributed by atoms with E-state index in [1.165, 1.54) is 33.3 Å². The van der Waals surface area contributed by atoms with E-state index in [-0.39, 0.29) is 48.0 Å². The summed E-state index contributed by atoms with van der Waals surface area (Å²) in [6.07, 6.45) is 0.802. The van der Waals surface area contributed by atoms with Crippen LogP contribution in [-0.4, -0.2) is 44.3 Å². The van der Waals surface area contributed by atoms with Crippen molar-refractivity contribution in [2.45, 2.75) is 39.6 Å². The summed E-state index contributed by atoms with van der Waals surface area (Å²) in [7, 11) is 0. The Morgan fingerprint density at radius 3 is 1.23 bits per heavy atom. The first kappa shape index (κ1) is 28.6. The zero-order valence-electron chi connectivity index (χ0n) is 22.8. The lowest BCUT2D eigenvalue weighted by atomic mass is 10.0. The SMILES string of the molecule is O=C1CC(Sc2ccc(O)cc2)C(=O)N1c1ccc(Cc2ccc(N3C(=O)CC(Sc4ccc(O)cc4)C3=O)cc2)cc1. The fraction of sp³-hybridized carbons (Fsp3) is 0.152. The summed E-state index contributed by atoms with van der Waals surface area (Å²) in [6, 6.07) is 27.7. The van der Waals surface area contributed by atoms with E-state index in [2.05, 4.69) is 0 Å². The van der Waals surface area contributed by atoms with Crippen LogP contribution in [0.3, 0.4) is 0 Å². The second-order valence-electron chi connectivity index (χ2n) is 10.3. The van der Waals surface area contributed by atoms with Gasteiger partial charge in [-0.05, 0) is 90.3 Å². The molecule has 2 unspecified atom stereocenters. The molecule has 2 heterocycles. The van der Waals surface area contributed by atoms with Crippen molar-refractivity contribution in [1.29, 1.82) is 0 Å². The zero-order valence-corrected chi connectivity index (χ0v) is 24.4. The number of imide groups is 2. The standard InChI is InChI=1S/C33H26N2O6S2/c36-24-9-13-26(14-10-24)42-28-18-30(38)34(32(28)40)22-5-1-20(2-6-22)17-21-3-7-23(8-4-21)35-31(39)19-29(33(35)41)43-27-15-11-25(37)12-16-27/h1-16,28-29,36-37H,17-19H2. The average Bonchev–Trinajstić information content (AvgIpc) is 3.44. The molecule has 0 bridgehead atoms. The number of hydrogen-bond acceptors (Lipinski definition) is 8. The third-order valence-electron chi connectivity index (χ3n) is 7.24. The molecule has 2 saturated heterocycles. The van der Waals surface area contributed by atoms with E-state index < -0.39 is 10.5 Å². The van der Waals surface area contributed by atoms with Gasteiger partial charge in [-0.15, -0.1) is 23.5 Å². The van der Waals surface area contributed by atoms with Gasteiger partial charge in [0.1, 0.15) is 11.5 Å². The van der Waals surface area contributed by atoms with Crippen molar-refractivity contribution in [3.8, 4) is 11.5 Å². The lowest BCUT2D eigenvalue weighted by Crippen LogP contribution is -2.31. The van der Waals surface area contributed by atoms with Gasteiger partial charge in [0, 0.05) is 22.6 Å². The van der Waals surface area contributed by atoms with E-state index in [1.807, 2.05) is 24.3 Å². The van der Waals surface area contributed by atoms with E-state index in [9.17, 15) is 29.4 Å². The molecule has 0 saturated carbocycles. The molecule has 4 amide bonds. The molecule has 0 aliphatic carbocycles. The number of phenols is 2. The van der Waals surface area contributed by atoms with Crippen LogP contribution in [0.5, 0.6) is 11.5 Å². The number of thioether (sulfide) groups is 2. The highest BCUT2D eigenvalue weighted by atomic mass is 32.2. The summed E-state index contributed by atoms with van der Waals surface area (Å²) >= 11 is 2.62. The van der Waals surface area contributed by atoms with Gasteiger partial charge in [0.15, 0.2) is 0 Å². The van der Waals surface area contributed by atoms with Crippen LogP contribution in [0, 0.1) is 0 Å². The Balaban J connectivity index is 1.08. The van der Waals surface area contributed by atoms with Crippen LogP contribution in [0.25, 0.3) is 0 Å². The van der Waals surface area contributed by atoms with Crippen LogP contribution in [0.15, 0.2) is 107 Å². The Hall–Kier alpha value is -4.54.